The topological polar surface area (TPSA) is 125 Å². The number of phenols is 1. The molecule has 0 saturated carbocycles. The van der Waals surface area contributed by atoms with E-state index in [0.29, 0.717) is 20.6 Å². The second-order valence-corrected chi connectivity index (χ2v) is 11.2. The van der Waals surface area contributed by atoms with E-state index in [1.165, 1.54) is 12.3 Å². The van der Waals surface area contributed by atoms with Crippen LogP contribution in [0.3, 0.4) is 0 Å². The predicted octanol–water partition coefficient (Wildman–Crippen LogP) is 4.42. The van der Waals surface area contributed by atoms with Crippen LogP contribution in [0.5, 0.6) is 5.75 Å². The largest absolute Gasteiger partial charge is 0.507 e. The molecule has 12 heteroatoms. The molecule has 3 N–H and O–H groups in total. The van der Waals surface area contributed by atoms with Gasteiger partial charge in [0.25, 0.3) is 20.0 Å². The summed E-state index contributed by atoms with van der Waals surface area (Å²) < 4.78 is 56.7. The highest BCUT2D eigenvalue weighted by Crippen LogP contribution is 2.30. The third-order valence-corrected chi connectivity index (χ3v) is 7.89. The maximum absolute atomic E-state index is 12.8. The molecule has 1 heterocycles. The maximum Gasteiger partial charge on any atom is 0.266 e. The van der Waals surface area contributed by atoms with Crippen LogP contribution in [-0.4, -0.2) is 26.9 Å². The molecule has 0 aliphatic heterocycles. The van der Waals surface area contributed by atoms with Crippen LogP contribution in [0, 0.1) is 13.8 Å². The van der Waals surface area contributed by atoms with Gasteiger partial charge in [-0.25, -0.2) is 21.8 Å². The number of hydrogen-bond donors (Lipinski definition) is 3. The molecule has 0 fully saturated rings. The van der Waals surface area contributed by atoms with Crippen LogP contribution < -0.4 is 9.44 Å². The molecule has 0 saturated heterocycles. The Morgan fingerprint density at radius 1 is 1.00 bits per heavy atom. The number of nitrogens with zero attached hydrogens (tertiary/aromatic N) is 1. The fraction of sp³-hybridized carbons (Fsp3) is 0.105. The number of pyridine rings is 1. The molecular formula is C19H17BrClN3O5S2. The molecule has 0 bridgehead atoms. The van der Waals surface area contributed by atoms with Crippen LogP contribution in [0.1, 0.15) is 11.1 Å². The highest BCUT2D eigenvalue weighted by Gasteiger charge is 2.25. The number of halogens is 2. The van der Waals surface area contributed by atoms with Crippen LogP contribution in [0.25, 0.3) is 0 Å². The first-order chi connectivity index (χ1) is 14.4. The van der Waals surface area contributed by atoms with Crippen molar-refractivity contribution in [2.24, 2.45) is 0 Å². The van der Waals surface area contributed by atoms with Gasteiger partial charge in [-0.1, -0.05) is 17.7 Å². The van der Waals surface area contributed by atoms with E-state index in [2.05, 4.69) is 30.4 Å². The van der Waals surface area contributed by atoms with E-state index in [9.17, 15) is 21.9 Å². The smallest absolute Gasteiger partial charge is 0.266 e. The Labute approximate surface area is 193 Å². The lowest BCUT2D eigenvalue weighted by Gasteiger charge is -2.14. The highest BCUT2D eigenvalue weighted by molar-refractivity contribution is 9.10. The van der Waals surface area contributed by atoms with Crippen molar-refractivity contribution in [2.75, 3.05) is 9.44 Å². The Balaban J connectivity index is 1.99. The summed E-state index contributed by atoms with van der Waals surface area (Å²) in [5, 5.41) is 10.5. The first-order valence-corrected chi connectivity index (χ1v) is 12.8. The summed E-state index contributed by atoms with van der Waals surface area (Å²) in [6.07, 6.45) is 1.41. The number of aromatic nitrogens is 1. The summed E-state index contributed by atoms with van der Waals surface area (Å²) in [7, 11) is -8.51. The Bertz CT molecular complexity index is 1380. The van der Waals surface area contributed by atoms with Crippen molar-refractivity contribution in [3.05, 3.63) is 69.3 Å². The second-order valence-electron chi connectivity index (χ2n) is 6.57. The highest BCUT2D eigenvalue weighted by atomic mass is 79.9. The molecule has 0 radical (unpaired) electrons. The normalized spacial score (nSPS) is 11.9. The summed E-state index contributed by atoms with van der Waals surface area (Å²) in [5.74, 6) is -0.566. The number of nitrogens with one attached hydrogen (secondary N) is 2. The Morgan fingerprint density at radius 2 is 1.71 bits per heavy atom. The first kappa shape index (κ1) is 23.3. The predicted molar refractivity (Wildman–Crippen MR) is 123 cm³/mol. The van der Waals surface area contributed by atoms with Crippen molar-refractivity contribution >= 4 is 59.1 Å². The number of phenolic OH excluding ortho intramolecular Hbond substituents is 1. The fourth-order valence-electron chi connectivity index (χ4n) is 2.63. The number of aryl methyl sites for hydroxylation is 1. The van der Waals surface area contributed by atoms with E-state index in [-0.39, 0.29) is 16.4 Å². The second kappa shape index (κ2) is 8.65. The quantitative estimate of drug-likeness (QED) is 0.420. The van der Waals surface area contributed by atoms with Gasteiger partial charge in [0.15, 0.2) is 0 Å². The van der Waals surface area contributed by atoms with Crippen molar-refractivity contribution < 1.29 is 21.9 Å². The molecule has 3 aromatic rings. The fourth-order valence-corrected chi connectivity index (χ4v) is 5.68. The van der Waals surface area contributed by atoms with Gasteiger partial charge < -0.3 is 5.11 Å². The van der Waals surface area contributed by atoms with Gasteiger partial charge in [0.2, 0.25) is 0 Å². The molecule has 1 aromatic heterocycles. The SMILES string of the molecule is Cc1cc(Br)cnc1NS(=O)(=O)c1cc(S(=O)(=O)Nc2cccc(Cl)c2C)ccc1O. The van der Waals surface area contributed by atoms with E-state index in [1.54, 1.807) is 32.0 Å². The van der Waals surface area contributed by atoms with E-state index < -0.39 is 30.7 Å². The van der Waals surface area contributed by atoms with Crippen molar-refractivity contribution in [2.45, 2.75) is 23.6 Å². The summed E-state index contributed by atoms with van der Waals surface area (Å²) in [6.45, 7) is 3.29. The van der Waals surface area contributed by atoms with Crippen LogP contribution in [-0.2, 0) is 20.0 Å². The lowest BCUT2D eigenvalue weighted by molar-refractivity contribution is 0.458. The molecule has 0 spiro atoms. The molecular weight excluding hydrogens is 530 g/mol. The summed E-state index contributed by atoms with van der Waals surface area (Å²) >= 11 is 9.27. The average Bonchev–Trinajstić information content (AvgIpc) is 2.67. The zero-order valence-corrected chi connectivity index (χ0v) is 20.2. The molecule has 8 nitrogen and oxygen atoms in total. The van der Waals surface area contributed by atoms with Crippen LogP contribution in [0.15, 0.2) is 62.9 Å². The zero-order valence-electron chi connectivity index (χ0n) is 16.2. The lowest BCUT2D eigenvalue weighted by Crippen LogP contribution is -2.17. The number of aromatic hydroxyl groups is 1. The third-order valence-electron chi connectivity index (χ3n) is 4.32. The standard InChI is InChI=1S/C19H17BrClN3O5S2/c1-11-8-13(20)10-22-19(11)24-31(28,29)18-9-14(6-7-17(18)25)30(26,27)23-16-5-3-4-15(21)12(16)2/h3-10,23,25H,1-2H3,(H,22,24). The minimum absolute atomic E-state index is 0.0449. The molecule has 3 rings (SSSR count). The molecule has 0 amide bonds. The van der Waals surface area contributed by atoms with Crippen LogP contribution >= 0.6 is 27.5 Å². The number of benzene rings is 2. The molecule has 0 aliphatic carbocycles. The number of sulfonamides is 2. The lowest BCUT2D eigenvalue weighted by atomic mass is 10.2. The van der Waals surface area contributed by atoms with Crippen LogP contribution in [0.4, 0.5) is 11.5 Å². The minimum atomic E-state index is -4.34. The average molecular weight is 547 g/mol. The van der Waals surface area contributed by atoms with Crippen LogP contribution in [0.2, 0.25) is 5.02 Å². The van der Waals surface area contributed by atoms with Crippen molar-refractivity contribution in [1.29, 1.82) is 0 Å². The molecule has 2 aromatic carbocycles. The molecule has 0 unspecified atom stereocenters. The Kier molecular flexibility index (Phi) is 6.51. The van der Waals surface area contributed by atoms with Crippen molar-refractivity contribution in [3.63, 3.8) is 0 Å². The number of rotatable bonds is 6. The van der Waals surface area contributed by atoms with Gasteiger partial charge in [-0.05, 0) is 77.3 Å². The number of hydrogen-bond acceptors (Lipinski definition) is 6. The first-order valence-electron chi connectivity index (χ1n) is 8.66. The summed E-state index contributed by atoms with van der Waals surface area (Å²) in [6, 6.07) is 9.34. The Morgan fingerprint density at radius 3 is 2.39 bits per heavy atom. The van der Waals surface area contributed by atoms with E-state index in [4.69, 9.17) is 11.6 Å². The summed E-state index contributed by atoms with van der Waals surface area (Å²) in [5.41, 5.74) is 1.29. The zero-order chi connectivity index (χ0) is 23.0. The van der Waals surface area contributed by atoms with Gasteiger partial charge in [0.05, 0.1) is 10.6 Å². The van der Waals surface area contributed by atoms with Crippen molar-refractivity contribution in [1.82, 2.24) is 4.98 Å². The minimum Gasteiger partial charge on any atom is -0.507 e. The van der Waals surface area contributed by atoms with Gasteiger partial charge >= 0.3 is 0 Å². The maximum atomic E-state index is 12.8. The van der Waals surface area contributed by atoms with Gasteiger partial charge in [-0.2, -0.15) is 0 Å². The van der Waals surface area contributed by atoms with E-state index >= 15 is 0 Å². The van der Waals surface area contributed by atoms with E-state index in [0.717, 1.165) is 18.2 Å². The summed E-state index contributed by atoms with van der Waals surface area (Å²) in [4.78, 5) is 3.04. The van der Waals surface area contributed by atoms with Gasteiger partial charge in [-0.3, -0.25) is 9.44 Å². The molecule has 164 valence electrons. The van der Waals surface area contributed by atoms with Gasteiger partial charge in [0, 0.05) is 15.7 Å². The van der Waals surface area contributed by atoms with E-state index in [1.807, 2.05) is 0 Å². The molecule has 31 heavy (non-hydrogen) atoms. The van der Waals surface area contributed by atoms with Crippen molar-refractivity contribution in [3.8, 4) is 5.75 Å². The van der Waals surface area contributed by atoms with Gasteiger partial charge in [-0.15, -0.1) is 0 Å². The van der Waals surface area contributed by atoms with Gasteiger partial charge in [0.1, 0.15) is 16.5 Å². The Hall–Kier alpha value is -2.34. The molecule has 0 atom stereocenters. The number of anilines is 2. The third kappa shape index (κ3) is 5.12. The molecule has 0 aliphatic rings. The monoisotopic (exact) mass is 545 g/mol.